The number of hydrogen-bond donors (Lipinski definition) is 1. The molecule has 1 aliphatic carbocycles. The van der Waals surface area contributed by atoms with Gasteiger partial charge in [0.1, 0.15) is 23.4 Å². The highest BCUT2D eigenvalue weighted by Crippen LogP contribution is 2.59. The molecule has 5 fully saturated rings. The molecule has 1 spiro atoms. The summed E-state index contributed by atoms with van der Waals surface area (Å²) in [6, 6.07) is 0. The van der Waals surface area contributed by atoms with Gasteiger partial charge in [-0.15, -0.1) is 0 Å². The van der Waals surface area contributed by atoms with Crippen LogP contribution in [0, 0.1) is 11.8 Å². The van der Waals surface area contributed by atoms with Gasteiger partial charge in [0, 0.05) is 33.3 Å². The molecule has 192 valence electrons. The normalized spacial score (nSPS) is 40.9. The Balaban J connectivity index is 1.13. The molecule has 5 aliphatic rings. The number of β-amino-alcohol motifs (C(OH)–C–C–N with tert-alkyl or cyclic N) is 1. The number of rotatable bonds is 8. The molecular weight excluding hydrogens is 436 g/mol. The topological polar surface area (TPSA) is 87.3 Å². The van der Waals surface area contributed by atoms with E-state index in [0.29, 0.717) is 5.92 Å². The van der Waals surface area contributed by atoms with Crippen LogP contribution in [-0.4, -0.2) is 103 Å². The third kappa shape index (κ3) is 4.64. The van der Waals surface area contributed by atoms with E-state index in [9.17, 15) is 9.90 Å². The van der Waals surface area contributed by atoms with Crippen molar-refractivity contribution in [3.05, 3.63) is 11.6 Å². The van der Waals surface area contributed by atoms with Crippen molar-refractivity contribution in [3.8, 4) is 0 Å². The van der Waals surface area contributed by atoms with Gasteiger partial charge in [0.05, 0.1) is 24.2 Å². The minimum atomic E-state index is -0.524. The second-order valence-electron chi connectivity index (χ2n) is 12.1. The predicted molar refractivity (Wildman–Crippen MR) is 127 cm³/mol. The lowest BCUT2D eigenvalue weighted by molar-refractivity contribution is -0.125. The molecule has 6 atom stereocenters. The van der Waals surface area contributed by atoms with Crippen molar-refractivity contribution in [1.82, 2.24) is 9.80 Å². The van der Waals surface area contributed by atoms with E-state index in [1.54, 1.807) is 7.11 Å². The van der Waals surface area contributed by atoms with E-state index in [4.69, 9.17) is 18.9 Å². The largest absolute Gasteiger partial charge is 0.443 e. The van der Waals surface area contributed by atoms with Gasteiger partial charge in [-0.3, -0.25) is 4.90 Å². The Kier molecular flexibility index (Phi) is 6.29. The zero-order valence-corrected chi connectivity index (χ0v) is 21.4. The van der Waals surface area contributed by atoms with E-state index in [2.05, 4.69) is 31.7 Å². The number of methoxy groups -OCH3 is 1. The van der Waals surface area contributed by atoms with Crippen LogP contribution in [0.1, 0.15) is 53.4 Å². The maximum Gasteiger partial charge on any atom is 0.410 e. The van der Waals surface area contributed by atoms with Crippen molar-refractivity contribution in [3.63, 3.8) is 0 Å². The van der Waals surface area contributed by atoms with Crippen molar-refractivity contribution in [2.75, 3.05) is 46.4 Å². The number of amides is 1. The van der Waals surface area contributed by atoms with Crippen LogP contribution in [0.15, 0.2) is 11.6 Å². The fourth-order valence-corrected chi connectivity index (χ4v) is 6.62. The maximum atomic E-state index is 12.9. The molecule has 1 saturated carbocycles. The van der Waals surface area contributed by atoms with Gasteiger partial charge in [0.15, 0.2) is 0 Å². The van der Waals surface area contributed by atoms with Crippen molar-refractivity contribution in [2.45, 2.75) is 88.5 Å². The van der Waals surface area contributed by atoms with Crippen LogP contribution in [0.4, 0.5) is 4.79 Å². The summed E-state index contributed by atoms with van der Waals surface area (Å²) < 4.78 is 24.3. The van der Waals surface area contributed by atoms with E-state index in [0.717, 1.165) is 65.0 Å². The van der Waals surface area contributed by atoms with Crippen LogP contribution >= 0.6 is 0 Å². The van der Waals surface area contributed by atoms with E-state index in [1.165, 1.54) is 5.57 Å². The molecule has 0 bridgehead atoms. The van der Waals surface area contributed by atoms with Gasteiger partial charge in [-0.25, -0.2) is 4.79 Å². The van der Waals surface area contributed by atoms with Crippen LogP contribution < -0.4 is 0 Å². The highest BCUT2D eigenvalue weighted by atomic mass is 16.6. The standard InChI is InChI=1S/C26H42N2O6/c1-17(2)6-7-20-25(4,34-20)22-21(31-5)19(8-10-26(22)16-32-26)33-23(29)28-12-18(13-28)9-11-27-14-24(3,30)15-27/h6,18-22,30H,7-16H2,1-5H3/t19-,20-,21-,22?,25+,26+/m1/s1. The molecule has 0 aromatic heterocycles. The van der Waals surface area contributed by atoms with Crippen molar-refractivity contribution in [1.29, 1.82) is 0 Å². The average molecular weight is 479 g/mol. The first kappa shape index (κ1) is 24.5. The third-order valence-electron chi connectivity index (χ3n) is 8.69. The fraction of sp³-hybridized carbons (Fsp3) is 0.885. The number of carbonyl (C=O) groups excluding carboxylic acids is 1. The summed E-state index contributed by atoms with van der Waals surface area (Å²) in [5.41, 5.74) is 0.237. The second kappa shape index (κ2) is 8.73. The molecule has 1 amide bonds. The summed E-state index contributed by atoms with van der Waals surface area (Å²) in [6.45, 7) is 12.9. The molecule has 4 saturated heterocycles. The van der Waals surface area contributed by atoms with Crippen LogP contribution in [0.2, 0.25) is 0 Å². The van der Waals surface area contributed by atoms with Crippen LogP contribution in [0.3, 0.4) is 0 Å². The number of ether oxygens (including phenoxy) is 4. The number of likely N-dealkylation sites (tertiary alicyclic amines) is 2. The predicted octanol–water partition coefficient (Wildman–Crippen LogP) is 2.59. The zero-order valence-electron chi connectivity index (χ0n) is 21.4. The third-order valence-corrected chi connectivity index (χ3v) is 8.69. The smallest absolute Gasteiger partial charge is 0.410 e. The first-order valence-electron chi connectivity index (χ1n) is 12.9. The molecule has 4 heterocycles. The Morgan fingerprint density at radius 3 is 2.53 bits per heavy atom. The van der Waals surface area contributed by atoms with Gasteiger partial charge in [-0.1, -0.05) is 11.6 Å². The van der Waals surface area contributed by atoms with E-state index in [-0.39, 0.29) is 41.5 Å². The summed E-state index contributed by atoms with van der Waals surface area (Å²) >= 11 is 0. The van der Waals surface area contributed by atoms with Gasteiger partial charge >= 0.3 is 6.09 Å². The van der Waals surface area contributed by atoms with Crippen LogP contribution in [0.25, 0.3) is 0 Å². The second-order valence-corrected chi connectivity index (χ2v) is 12.1. The number of nitrogens with zero attached hydrogens (tertiary/aromatic N) is 2. The quantitative estimate of drug-likeness (QED) is 0.424. The SMILES string of the molecule is CO[C@H]1C([C@@]2(C)O[C@@H]2CC=C(C)C)[C@]2(CC[C@H]1OC(=O)N1CC(CCN3CC(C)(O)C3)C1)CO2. The molecule has 8 nitrogen and oxygen atoms in total. The lowest BCUT2D eigenvalue weighted by Gasteiger charge is -2.46. The molecule has 5 rings (SSSR count). The molecule has 0 radical (unpaired) electrons. The molecule has 4 aliphatic heterocycles. The maximum absolute atomic E-state index is 12.9. The molecule has 1 unspecified atom stereocenters. The van der Waals surface area contributed by atoms with Crippen LogP contribution in [-0.2, 0) is 18.9 Å². The van der Waals surface area contributed by atoms with Gasteiger partial charge in [0.2, 0.25) is 0 Å². The van der Waals surface area contributed by atoms with Gasteiger partial charge < -0.3 is 29.0 Å². The summed E-state index contributed by atoms with van der Waals surface area (Å²) in [6.07, 6.45) is 5.17. The van der Waals surface area contributed by atoms with E-state index >= 15 is 0 Å². The van der Waals surface area contributed by atoms with Gasteiger partial charge in [-0.2, -0.15) is 0 Å². The Morgan fingerprint density at radius 1 is 1.24 bits per heavy atom. The molecule has 0 aromatic rings. The van der Waals surface area contributed by atoms with Gasteiger partial charge in [-0.05, 0) is 65.8 Å². The molecule has 8 heteroatoms. The molecule has 34 heavy (non-hydrogen) atoms. The Hall–Kier alpha value is -1.19. The first-order valence-corrected chi connectivity index (χ1v) is 12.9. The van der Waals surface area contributed by atoms with Crippen molar-refractivity contribution < 1.29 is 28.8 Å². The van der Waals surface area contributed by atoms with Gasteiger partial charge in [0.25, 0.3) is 0 Å². The molecule has 0 aromatic carbocycles. The highest BCUT2D eigenvalue weighted by molar-refractivity contribution is 5.69. The fourth-order valence-electron chi connectivity index (χ4n) is 6.62. The Bertz CT molecular complexity index is 808. The summed E-state index contributed by atoms with van der Waals surface area (Å²) in [5.74, 6) is 0.554. The number of hydrogen-bond acceptors (Lipinski definition) is 7. The monoisotopic (exact) mass is 478 g/mol. The summed E-state index contributed by atoms with van der Waals surface area (Å²) in [4.78, 5) is 17.0. The number of aliphatic hydroxyl groups is 1. The first-order chi connectivity index (χ1) is 16.1. The Morgan fingerprint density at radius 2 is 1.94 bits per heavy atom. The number of allylic oxidation sites excluding steroid dienone is 1. The highest BCUT2D eigenvalue weighted by Gasteiger charge is 2.72. The minimum absolute atomic E-state index is 0.0463. The average Bonchev–Trinajstić information content (AvgIpc) is 3.62. The van der Waals surface area contributed by atoms with E-state index < -0.39 is 5.60 Å². The lowest BCUT2D eigenvalue weighted by Crippen LogP contribution is -2.61. The van der Waals surface area contributed by atoms with Crippen molar-refractivity contribution >= 4 is 6.09 Å². The summed E-state index contributed by atoms with van der Waals surface area (Å²) in [5, 5.41) is 9.86. The zero-order chi connectivity index (χ0) is 24.3. The molecule has 1 N–H and O–H groups in total. The summed E-state index contributed by atoms with van der Waals surface area (Å²) in [7, 11) is 1.71. The number of epoxide rings is 2. The molecular formula is C26H42N2O6. The van der Waals surface area contributed by atoms with Crippen molar-refractivity contribution in [2.24, 2.45) is 11.8 Å². The van der Waals surface area contributed by atoms with Crippen LogP contribution in [0.5, 0.6) is 0 Å². The number of carbonyl (C=O) groups is 1. The lowest BCUT2D eigenvalue weighted by atomic mass is 9.68. The minimum Gasteiger partial charge on any atom is -0.443 e. The Labute approximate surface area is 203 Å². The van der Waals surface area contributed by atoms with E-state index in [1.807, 2.05) is 11.8 Å².